The summed E-state index contributed by atoms with van der Waals surface area (Å²) in [5.74, 6) is 1.28. The van der Waals surface area contributed by atoms with Crippen LogP contribution < -0.4 is 0 Å². The van der Waals surface area contributed by atoms with Crippen LogP contribution >= 0.6 is 0 Å². The molecule has 132 valence electrons. The van der Waals surface area contributed by atoms with Gasteiger partial charge in [0.2, 0.25) is 0 Å². The molecule has 1 aliphatic heterocycles. The first-order chi connectivity index (χ1) is 11.0. The highest BCUT2D eigenvalue weighted by Gasteiger charge is 2.42. The lowest BCUT2D eigenvalue weighted by Crippen LogP contribution is -2.43. The van der Waals surface area contributed by atoms with E-state index in [-0.39, 0.29) is 17.5 Å². The fourth-order valence-corrected chi connectivity index (χ4v) is 4.12. The molecule has 0 bridgehead atoms. The van der Waals surface area contributed by atoms with E-state index >= 15 is 0 Å². The van der Waals surface area contributed by atoms with Gasteiger partial charge in [-0.05, 0) is 71.5 Å². The van der Waals surface area contributed by atoms with E-state index in [0.717, 1.165) is 45.2 Å². The molecule has 3 heteroatoms. The van der Waals surface area contributed by atoms with Gasteiger partial charge >= 0.3 is 5.97 Å². The SMILES string of the molecule is CC/C=C\CC1C(CC)CCC1OC(=O)C1(C)CCN(C)CC1. The van der Waals surface area contributed by atoms with Gasteiger partial charge in [0.1, 0.15) is 6.10 Å². The van der Waals surface area contributed by atoms with Crippen molar-refractivity contribution in [3.63, 3.8) is 0 Å². The third kappa shape index (κ3) is 4.59. The van der Waals surface area contributed by atoms with Gasteiger partial charge in [-0.15, -0.1) is 0 Å². The maximum absolute atomic E-state index is 12.8. The number of carbonyl (C=O) groups is 1. The molecule has 0 spiro atoms. The summed E-state index contributed by atoms with van der Waals surface area (Å²) < 4.78 is 6.07. The zero-order valence-corrected chi connectivity index (χ0v) is 15.5. The number of piperidine rings is 1. The van der Waals surface area contributed by atoms with Gasteiger partial charge in [-0.25, -0.2) is 0 Å². The minimum Gasteiger partial charge on any atom is -0.462 e. The average Bonchev–Trinajstić information content (AvgIpc) is 2.92. The number of rotatable bonds is 6. The lowest BCUT2D eigenvalue weighted by atomic mass is 9.80. The third-order valence-corrected chi connectivity index (χ3v) is 6.08. The number of esters is 1. The van der Waals surface area contributed by atoms with Gasteiger partial charge in [-0.1, -0.05) is 32.4 Å². The van der Waals surface area contributed by atoms with Crippen LogP contribution in [0.5, 0.6) is 0 Å². The maximum Gasteiger partial charge on any atom is 0.312 e. The van der Waals surface area contributed by atoms with Crippen LogP contribution in [0, 0.1) is 17.3 Å². The van der Waals surface area contributed by atoms with E-state index < -0.39 is 0 Å². The van der Waals surface area contributed by atoms with Crippen molar-refractivity contribution < 1.29 is 9.53 Å². The molecule has 0 N–H and O–H groups in total. The summed E-state index contributed by atoms with van der Waals surface area (Å²) in [6.07, 6.45) is 12.1. The van der Waals surface area contributed by atoms with Gasteiger partial charge in [0, 0.05) is 5.92 Å². The number of hydrogen-bond acceptors (Lipinski definition) is 3. The van der Waals surface area contributed by atoms with Gasteiger partial charge in [-0.3, -0.25) is 4.79 Å². The Labute approximate surface area is 142 Å². The number of nitrogens with zero attached hydrogens (tertiary/aromatic N) is 1. The number of ether oxygens (including phenoxy) is 1. The van der Waals surface area contributed by atoms with Crippen molar-refractivity contribution in [3.05, 3.63) is 12.2 Å². The smallest absolute Gasteiger partial charge is 0.312 e. The summed E-state index contributed by atoms with van der Waals surface area (Å²) in [6.45, 7) is 8.53. The van der Waals surface area contributed by atoms with E-state index in [2.05, 4.69) is 44.9 Å². The molecule has 2 aliphatic rings. The molecule has 3 nitrogen and oxygen atoms in total. The van der Waals surface area contributed by atoms with Crippen molar-refractivity contribution in [3.8, 4) is 0 Å². The molecule has 1 heterocycles. The Morgan fingerprint density at radius 3 is 2.52 bits per heavy atom. The van der Waals surface area contributed by atoms with E-state index in [4.69, 9.17) is 4.74 Å². The van der Waals surface area contributed by atoms with Crippen molar-refractivity contribution in [2.45, 2.75) is 71.8 Å². The van der Waals surface area contributed by atoms with Gasteiger partial charge < -0.3 is 9.64 Å². The number of likely N-dealkylation sites (tertiary alicyclic amines) is 1. The quantitative estimate of drug-likeness (QED) is 0.535. The molecule has 2 fully saturated rings. The Morgan fingerprint density at radius 1 is 1.22 bits per heavy atom. The lowest BCUT2D eigenvalue weighted by molar-refractivity contribution is -0.165. The molecular formula is C20H35NO2. The molecule has 23 heavy (non-hydrogen) atoms. The minimum absolute atomic E-state index is 0.0526. The Balaban J connectivity index is 1.96. The van der Waals surface area contributed by atoms with E-state index in [1.807, 2.05) is 0 Å². The van der Waals surface area contributed by atoms with E-state index in [1.165, 1.54) is 12.8 Å². The van der Waals surface area contributed by atoms with Gasteiger partial charge in [-0.2, -0.15) is 0 Å². The van der Waals surface area contributed by atoms with E-state index in [0.29, 0.717) is 11.8 Å². The summed E-state index contributed by atoms with van der Waals surface area (Å²) >= 11 is 0. The largest absolute Gasteiger partial charge is 0.462 e. The molecule has 3 unspecified atom stereocenters. The number of carbonyl (C=O) groups excluding carboxylic acids is 1. The molecular weight excluding hydrogens is 286 g/mol. The van der Waals surface area contributed by atoms with E-state index in [9.17, 15) is 4.79 Å². The zero-order valence-electron chi connectivity index (χ0n) is 15.5. The van der Waals surface area contributed by atoms with Crippen molar-refractivity contribution in [2.75, 3.05) is 20.1 Å². The zero-order chi connectivity index (χ0) is 16.9. The first-order valence-corrected chi connectivity index (χ1v) is 9.54. The highest BCUT2D eigenvalue weighted by atomic mass is 16.5. The van der Waals surface area contributed by atoms with Crippen LogP contribution in [0.2, 0.25) is 0 Å². The second kappa shape index (κ2) is 8.32. The lowest BCUT2D eigenvalue weighted by Gasteiger charge is -2.37. The highest BCUT2D eigenvalue weighted by Crippen LogP contribution is 2.41. The molecule has 0 radical (unpaired) electrons. The molecule has 2 rings (SSSR count). The Kier molecular flexibility index (Phi) is 6.70. The minimum atomic E-state index is -0.277. The average molecular weight is 322 g/mol. The van der Waals surface area contributed by atoms with Gasteiger partial charge in [0.25, 0.3) is 0 Å². The molecule has 0 aromatic carbocycles. The van der Waals surface area contributed by atoms with Crippen molar-refractivity contribution in [2.24, 2.45) is 17.3 Å². The topological polar surface area (TPSA) is 29.5 Å². The molecule has 1 saturated heterocycles. The van der Waals surface area contributed by atoms with Crippen LogP contribution in [0.1, 0.15) is 65.7 Å². The number of allylic oxidation sites excluding steroid dienone is 2. The van der Waals surface area contributed by atoms with Crippen LogP contribution in [0.4, 0.5) is 0 Å². The highest BCUT2D eigenvalue weighted by molar-refractivity contribution is 5.76. The molecule has 0 aromatic heterocycles. The molecule has 0 aromatic rings. The monoisotopic (exact) mass is 321 g/mol. The van der Waals surface area contributed by atoms with Gasteiger partial charge in [0.15, 0.2) is 0 Å². The van der Waals surface area contributed by atoms with Crippen LogP contribution in [0.15, 0.2) is 12.2 Å². The molecule has 0 amide bonds. The second-order valence-electron chi connectivity index (χ2n) is 7.83. The molecule has 1 aliphatic carbocycles. The number of hydrogen-bond donors (Lipinski definition) is 0. The Bertz CT molecular complexity index is 410. The van der Waals surface area contributed by atoms with E-state index in [1.54, 1.807) is 0 Å². The summed E-state index contributed by atoms with van der Waals surface area (Å²) in [5.41, 5.74) is -0.277. The van der Waals surface area contributed by atoms with Crippen LogP contribution in [0.25, 0.3) is 0 Å². The summed E-state index contributed by atoms with van der Waals surface area (Å²) in [6, 6.07) is 0. The first kappa shape index (κ1) is 18.5. The molecule has 3 atom stereocenters. The van der Waals surface area contributed by atoms with Crippen molar-refractivity contribution >= 4 is 5.97 Å². The summed E-state index contributed by atoms with van der Waals surface area (Å²) in [7, 11) is 2.13. The fraction of sp³-hybridized carbons (Fsp3) is 0.850. The van der Waals surface area contributed by atoms with Crippen LogP contribution in [0.3, 0.4) is 0 Å². The second-order valence-corrected chi connectivity index (χ2v) is 7.83. The summed E-state index contributed by atoms with van der Waals surface area (Å²) in [4.78, 5) is 15.1. The first-order valence-electron chi connectivity index (χ1n) is 9.54. The predicted molar refractivity (Wildman–Crippen MR) is 95.3 cm³/mol. The van der Waals surface area contributed by atoms with Crippen molar-refractivity contribution in [1.29, 1.82) is 0 Å². The standard InChI is InChI=1S/C20H35NO2/c1-5-7-8-9-17-16(6-2)10-11-18(17)23-19(22)20(3)12-14-21(4)15-13-20/h7-8,16-18H,5-6,9-15H2,1-4H3/b8-7-. The Hall–Kier alpha value is -0.830. The van der Waals surface area contributed by atoms with Crippen molar-refractivity contribution in [1.82, 2.24) is 4.90 Å². The normalized spacial score (nSPS) is 31.6. The summed E-state index contributed by atoms with van der Waals surface area (Å²) in [5, 5.41) is 0. The van der Waals surface area contributed by atoms with Crippen LogP contribution in [-0.2, 0) is 9.53 Å². The Morgan fingerprint density at radius 2 is 1.91 bits per heavy atom. The predicted octanol–water partition coefficient (Wildman–Crippen LogP) is 4.42. The fourth-order valence-electron chi connectivity index (χ4n) is 4.12. The van der Waals surface area contributed by atoms with Crippen LogP contribution in [-0.4, -0.2) is 37.1 Å². The molecule has 1 saturated carbocycles. The third-order valence-electron chi connectivity index (χ3n) is 6.08. The van der Waals surface area contributed by atoms with Gasteiger partial charge in [0.05, 0.1) is 5.41 Å². The maximum atomic E-state index is 12.8.